The third-order valence-corrected chi connectivity index (χ3v) is 19.2. The number of hydrogen-bond acceptors (Lipinski definition) is 0. The van der Waals surface area contributed by atoms with E-state index in [9.17, 15) is 0 Å². The lowest BCUT2D eigenvalue weighted by Gasteiger charge is -2.22. The van der Waals surface area contributed by atoms with Crippen LogP contribution in [0.5, 0.6) is 0 Å². The summed E-state index contributed by atoms with van der Waals surface area (Å²) in [6.45, 7) is 9.29. The van der Waals surface area contributed by atoms with E-state index >= 15 is 0 Å². The van der Waals surface area contributed by atoms with E-state index < -0.39 is 0 Å². The molecule has 0 saturated heterocycles. The van der Waals surface area contributed by atoms with E-state index in [0.29, 0.717) is 11.8 Å². The summed E-state index contributed by atoms with van der Waals surface area (Å²) in [5, 5.41) is 11.4. The highest BCUT2D eigenvalue weighted by atomic mass is 15.0. The quantitative estimate of drug-likeness (QED) is 0.115. The maximum Gasteiger partial charge on any atom is 0.0541 e. The molecular formula is C82H65N3. The van der Waals surface area contributed by atoms with Crippen molar-refractivity contribution in [2.75, 3.05) is 0 Å². The number of fused-ring (bicyclic) bond motifs is 11. The van der Waals surface area contributed by atoms with Crippen LogP contribution < -0.4 is 0 Å². The van der Waals surface area contributed by atoms with E-state index in [1.165, 1.54) is 149 Å². The SMILES string of the molecule is CCC(C)c1ccccc1-n1c2c(c3ccccc31)CC(c1ccc3c(c1)c1cc(-c4ccc5c(c4)c4ccccc4n5-c4ccccc4C(C)CC)ccc1n3-c1ccc(-c3c4ccccc4c(-c4ccccc4)c4ccccc34)cc1)C=C2. The Hall–Kier alpha value is -9.96. The number of hydrogen-bond donors (Lipinski definition) is 0. The topological polar surface area (TPSA) is 14.8 Å². The first-order valence-electron chi connectivity index (χ1n) is 30.6. The number of nitrogens with zero attached hydrogens (tertiary/aromatic N) is 3. The van der Waals surface area contributed by atoms with Crippen LogP contribution in [0.3, 0.4) is 0 Å². The predicted octanol–water partition coefficient (Wildman–Crippen LogP) is 22.5. The molecule has 1 aliphatic rings. The first kappa shape index (κ1) is 50.7. The normalized spacial score (nSPS) is 14.1. The number of para-hydroxylation sites is 4. The van der Waals surface area contributed by atoms with Gasteiger partial charge in [-0.1, -0.05) is 216 Å². The minimum atomic E-state index is 0.199. The summed E-state index contributed by atoms with van der Waals surface area (Å²) in [5.41, 5.74) is 24.0. The molecule has 0 radical (unpaired) electrons. The van der Waals surface area contributed by atoms with Crippen molar-refractivity contribution < 1.29 is 0 Å². The second-order valence-corrected chi connectivity index (χ2v) is 23.8. The van der Waals surface area contributed by atoms with Gasteiger partial charge in [0.25, 0.3) is 0 Å². The number of allylic oxidation sites excluding steroid dienone is 1. The summed E-state index contributed by atoms with van der Waals surface area (Å²) in [7, 11) is 0. The third kappa shape index (κ3) is 8.08. The summed E-state index contributed by atoms with van der Waals surface area (Å²) >= 11 is 0. The molecule has 3 aromatic heterocycles. The molecule has 0 spiro atoms. The van der Waals surface area contributed by atoms with Gasteiger partial charge in [-0.3, -0.25) is 0 Å². The summed E-state index contributed by atoms with van der Waals surface area (Å²) < 4.78 is 7.53. The fourth-order valence-electron chi connectivity index (χ4n) is 14.6. The van der Waals surface area contributed by atoms with Gasteiger partial charge >= 0.3 is 0 Å². The zero-order chi connectivity index (χ0) is 56.9. The molecule has 408 valence electrons. The molecule has 0 saturated carbocycles. The minimum absolute atomic E-state index is 0.199. The van der Waals surface area contributed by atoms with Crippen molar-refractivity contribution in [1.29, 1.82) is 0 Å². The molecule has 3 nitrogen and oxygen atoms in total. The second-order valence-electron chi connectivity index (χ2n) is 23.8. The zero-order valence-corrected chi connectivity index (χ0v) is 48.6. The number of benzene rings is 12. The molecule has 12 aromatic carbocycles. The molecule has 15 aromatic rings. The van der Waals surface area contributed by atoms with Gasteiger partial charge in [0.05, 0.1) is 27.6 Å². The molecule has 0 bridgehead atoms. The fraction of sp³-hybridized carbons (Fsp3) is 0.122. The first-order valence-corrected chi connectivity index (χ1v) is 30.6. The van der Waals surface area contributed by atoms with Crippen LogP contribution >= 0.6 is 0 Å². The molecule has 3 unspecified atom stereocenters. The van der Waals surface area contributed by atoms with Gasteiger partial charge in [0.2, 0.25) is 0 Å². The van der Waals surface area contributed by atoms with E-state index in [1.54, 1.807) is 0 Å². The minimum Gasteiger partial charge on any atom is -0.309 e. The van der Waals surface area contributed by atoms with Crippen LogP contribution in [-0.4, -0.2) is 13.7 Å². The van der Waals surface area contributed by atoms with Crippen molar-refractivity contribution >= 4 is 82.1 Å². The van der Waals surface area contributed by atoms with Crippen LogP contribution in [-0.2, 0) is 6.42 Å². The highest BCUT2D eigenvalue weighted by molar-refractivity contribution is 6.21. The largest absolute Gasteiger partial charge is 0.309 e. The van der Waals surface area contributed by atoms with Gasteiger partial charge in [-0.05, 0) is 187 Å². The van der Waals surface area contributed by atoms with E-state index in [1.807, 2.05) is 0 Å². The van der Waals surface area contributed by atoms with Crippen molar-refractivity contribution in [3.63, 3.8) is 0 Å². The van der Waals surface area contributed by atoms with Crippen LogP contribution in [0.25, 0.3) is 133 Å². The molecule has 3 atom stereocenters. The summed E-state index contributed by atoms with van der Waals surface area (Å²) in [4.78, 5) is 0. The van der Waals surface area contributed by atoms with Gasteiger partial charge in [-0.2, -0.15) is 0 Å². The van der Waals surface area contributed by atoms with Crippen molar-refractivity contribution in [2.24, 2.45) is 0 Å². The molecule has 16 rings (SSSR count). The maximum absolute atomic E-state index is 2.54. The summed E-state index contributed by atoms with van der Waals surface area (Å²) in [6.07, 6.45) is 7.99. The Balaban J connectivity index is 0.857. The maximum atomic E-state index is 2.54. The number of aromatic nitrogens is 3. The fourth-order valence-corrected chi connectivity index (χ4v) is 14.6. The Morgan fingerprint density at radius 1 is 0.353 bits per heavy atom. The second kappa shape index (κ2) is 20.4. The Morgan fingerprint density at radius 2 is 0.776 bits per heavy atom. The Labute approximate surface area is 497 Å². The predicted molar refractivity (Wildman–Crippen MR) is 363 cm³/mol. The van der Waals surface area contributed by atoms with Crippen LogP contribution in [0, 0.1) is 0 Å². The molecule has 1 aliphatic carbocycles. The van der Waals surface area contributed by atoms with Crippen molar-refractivity contribution in [1.82, 2.24) is 13.7 Å². The zero-order valence-electron chi connectivity index (χ0n) is 48.6. The van der Waals surface area contributed by atoms with Crippen molar-refractivity contribution in [3.05, 3.63) is 289 Å². The molecule has 0 fully saturated rings. The van der Waals surface area contributed by atoms with E-state index in [0.717, 1.165) is 24.9 Å². The van der Waals surface area contributed by atoms with Crippen LogP contribution in [0.2, 0.25) is 0 Å². The smallest absolute Gasteiger partial charge is 0.0541 e. The molecular weight excluding hydrogens is 1030 g/mol. The molecule has 0 N–H and O–H groups in total. The lowest BCUT2D eigenvalue weighted by Crippen LogP contribution is -2.09. The highest BCUT2D eigenvalue weighted by Crippen LogP contribution is 2.47. The van der Waals surface area contributed by atoms with Crippen molar-refractivity contribution in [2.45, 2.75) is 64.7 Å². The van der Waals surface area contributed by atoms with E-state index in [2.05, 4.69) is 308 Å². The first-order chi connectivity index (χ1) is 41.9. The van der Waals surface area contributed by atoms with Gasteiger partial charge < -0.3 is 13.7 Å². The van der Waals surface area contributed by atoms with Gasteiger partial charge in [0.15, 0.2) is 0 Å². The number of rotatable bonds is 11. The molecule has 3 heterocycles. The van der Waals surface area contributed by atoms with Crippen LogP contribution in [0.15, 0.2) is 261 Å². The average molecular weight is 1090 g/mol. The van der Waals surface area contributed by atoms with Gasteiger partial charge in [0, 0.05) is 55.6 Å². The van der Waals surface area contributed by atoms with Crippen LogP contribution in [0.1, 0.15) is 86.2 Å². The molecule has 0 aliphatic heterocycles. The van der Waals surface area contributed by atoms with Gasteiger partial charge in [0.1, 0.15) is 0 Å². The van der Waals surface area contributed by atoms with Gasteiger partial charge in [-0.25, -0.2) is 0 Å². The Bertz CT molecular complexity index is 5100. The third-order valence-electron chi connectivity index (χ3n) is 19.2. The standard InChI is InChI=1S/C82H65N3/c1-5-52(3)61-24-14-18-32-73(61)84-75-34-20-16-26-63(75)69-48-56(40-46-79(69)84)58-38-44-77-71(50-58)72-51-59(57-41-47-80-70(49-57)64-27-17-21-35-76(64)85(80)74-33-19-15-25-62(74)53(4)6-2)39-45-78(72)83(77)60-42-36-55(37-43-60)82-67-30-12-10-28-65(67)81(54-22-8-7-9-23-54)66-29-11-13-31-68(66)82/h7-48,50-53,57H,5-6,49H2,1-4H3. The lowest BCUT2D eigenvalue weighted by atomic mass is 9.86. The summed E-state index contributed by atoms with van der Waals surface area (Å²) in [5.74, 6) is 1.09. The Morgan fingerprint density at radius 3 is 1.36 bits per heavy atom. The molecule has 3 heteroatoms. The van der Waals surface area contributed by atoms with E-state index in [-0.39, 0.29) is 5.92 Å². The Kier molecular flexibility index (Phi) is 12.2. The highest BCUT2D eigenvalue weighted by Gasteiger charge is 2.27. The molecule has 85 heavy (non-hydrogen) atoms. The van der Waals surface area contributed by atoms with Crippen molar-refractivity contribution in [3.8, 4) is 50.4 Å². The summed E-state index contributed by atoms with van der Waals surface area (Å²) in [6, 6.07) is 95.8. The monoisotopic (exact) mass is 1090 g/mol. The van der Waals surface area contributed by atoms with E-state index in [4.69, 9.17) is 0 Å². The van der Waals surface area contributed by atoms with Gasteiger partial charge in [-0.15, -0.1) is 0 Å². The van der Waals surface area contributed by atoms with Crippen LogP contribution in [0.4, 0.5) is 0 Å². The average Bonchev–Trinajstić information content (AvgIpc) is 2.44. The lowest BCUT2D eigenvalue weighted by molar-refractivity contribution is 0.726. The molecule has 0 amide bonds.